The fraction of sp³-hybridized carbons (Fsp3) is 0.417. The van der Waals surface area contributed by atoms with Gasteiger partial charge in [0.25, 0.3) is 0 Å². The summed E-state index contributed by atoms with van der Waals surface area (Å²) in [6.07, 6.45) is 1.54. The fourth-order valence-corrected chi connectivity index (χ4v) is 2.42. The number of hydrogen-bond acceptors (Lipinski definition) is 3. The van der Waals surface area contributed by atoms with Crippen molar-refractivity contribution in [3.8, 4) is 0 Å². The van der Waals surface area contributed by atoms with Crippen molar-refractivity contribution in [1.82, 2.24) is 0 Å². The van der Waals surface area contributed by atoms with E-state index in [1.54, 1.807) is 20.1 Å². The maximum Gasteiger partial charge on any atom is 0.453 e. The van der Waals surface area contributed by atoms with Gasteiger partial charge in [0.15, 0.2) is 0 Å². The van der Waals surface area contributed by atoms with Gasteiger partial charge in [-0.3, -0.25) is 9.05 Å². The zero-order chi connectivity index (χ0) is 12.7. The second-order valence-corrected chi connectivity index (χ2v) is 5.09. The molecule has 0 fully saturated rings. The molecule has 1 rings (SSSR count). The van der Waals surface area contributed by atoms with Crippen LogP contribution in [0.3, 0.4) is 0 Å². The van der Waals surface area contributed by atoms with E-state index < -0.39 is 7.75 Å². The summed E-state index contributed by atoms with van der Waals surface area (Å²) in [5, 5.41) is 0. The van der Waals surface area contributed by atoms with Gasteiger partial charge in [0.05, 0.1) is 13.2 Å². The van der Waals surface area contributed by atoms with E-state index in [9.17, 15) is 4.57 Å². The van der Waals surface area contributed by atoms with Crippen molar-refractivity contribution < 1.29 is 13.6 Å². The standard InChI is InChI=1S/C12H18NO3P/c1-4-15-17(14,16-5-2)13-10-12-9-7-6-8-11(12)3/h6-10H,4-5H2,1-3H3/b13-10+. The number of hydrogen-bond donors (Lipinski definition) is 0. The van der Waals surface area contributed by atoms with Crippen molar-refractivity contribution in [1.29, 1.82) is 0 Å². The second-order valence-electron chi connectivity index (χ2n) is 3.41. The maximum absolute atomic E-state index is 12.1. The third-order valence-corrected chi connectivity index (χ3v) is 3.68. The van der Waals surface area contributed by atoms with Gasteiger partial charge >= 0.3 is 7.75 Å². The van der Waals surface area contributed by atoms with Crippen molar-refractivity contribution in [2.75, 3.05) is 13.2 Å². The summed E-state index contributed by atoms with van der Waals surface area (Å²) in [6, 6.07) is 7.71. The molecule has 0 spiro atoms. The molecule has 1 aromatic rings. The first-order valence-corrected chi connectivity index (χ1v) is 7.11. The zero-order valence-corrected chi connectivity index (χ0v) is 11.3. The first-order chi connectivity index (χ1) is 8.11. The molecular formula is C12H18NO3P. The zero-order valence-electron chi connectivity index (χ0n) is 10.4. The lowest BCUT2D eigenvalue weighted by molar-refractivity contribution is 0.221. The van der Waals surface area contributed by atoms with Gasteiger partial charge in [-0.25, -0.2) is 4.57 Å². The Morgan fingerprint density at radius 1 is 1.24 bits per heavy atom. The van der Waals surface area contributed by atoms with E-state index in [4.69, 9.17) is 9.05 Å². The lowest BCUT2D eigenvalue weighted by Crippen LogP contribution is -1.94. The molecule has 0 aliphatic heterocycles. The molecule has 0 aliphatic rings. The smallest absolute Gasteiger partial charge is 0.291 e. The van der Waals surface area contributed by atoms with E-state index in [1.807, 2.05) is 31.2 Å². The highest BCUT2D eigenvalue weighted by atomic mass is 31.2. The highest BCUT2D eigenvalue weighted by Crippen LogP contribution is 2.49. The van der Waals surface area contributed by atoms with Crippen LogP contribution >= 0.6 is 7.75 Å². The Hall–Kier alpha value is -0.960. The van der Waals surface area contributed by atoms with Gasteiger partial charge in [-0.1, -0.05) is 24.3 Å². The van der Waals surface area contributed by atoms with Crippen LogP contribution in [0.1, 0.15) is 25.0 Å². The van der Waals surface area contributed by atoms with Crippen LogP contribution in [-0.4, -0.2) is 19.4 Å². The average Bonchev–Trinajstić information content (AvgIpc) is 2.29. The summed E-state index contributed by atoms with van der Waals surface area (Å²) in [4.78, 5) is 0. The van der Waals surface area contributed by atoms with Crippen LogP contribution in [0.25, 0.3) is 0 Å². The lowest BCUT2D eigenvalue weighted by Gasteiger charge is -2.11. The predicted molar refractivity (Wildman–Crippen MR) is 69.6 cm³/mol. The Labute approximate surface area is 102 Å². The maximum atomic E-state index is 12.1. The summed E-state index contributed by atoms with van der Waals surface area (Å²) < 4.78 is 26.1. The number of nitrogens with zero attached hydrogens (tertiary/aromatic N) is 1. The molecule has 0 amide bonds. The topological polar surface area (TPSA) is 47.9 Å². The van der Waals surface area contributed by atoms with Gasteiger partial charge < -0.3 is 0 Å². The Bertz CT molecular complexity index is 422. The Balaban J connectivity index is 2.87. The lowest BCUT2D eigenvalue weighted by atomic mass is 10.1. The first-order valence-electron chi connectivity index (χ1n) is 5.61. The van der Waals surface area contributed by atoms with Gasteiger partial charge in [0, 0.05) is 6.21 Å². The predicted octanol–water partition coefficient (Wildman–Crippen LogP) is 3.60. The van der Waals surface area contributed by atoms with E-state index in [-0.39, 0.29) is 0 Å². The molecule has 0 N–H and O–H groups in total. The molecule has 0 aliphatic carbocycles. The van der Waals surface area contributed by atoms with E-state index in [2.05, 4.69) is 4.76 Å². The van der Waals surface area contributed by atoms with Crippen molar-refractivity contribution in [3.05, 3.63) is 35.4 Å². The first kappa shape index (κ1) is 14.1. The third-order valence-electron chi connectivity index (χ3n) is 2.11. The van der Waals surface area contributed by atoms with E-state index in [1.165, 1.54) is 0 Å². The highest BCUT2D eigenvalue weighted by Gasteiger charge is 2.21. The Morgan fingerprint density at radius 2 is 1.82 bits per heavy atom. The van der Waals surface area contributed by atoms with Gasteiger partial charge in [-0.05, 0) is 31.9 Å². The number of rotatable bonds is 6. The van der Waals surface area contributed by atoms with Crippen LogP contribution in [0, 0.1) is 6.92 Å². The molecule has 5 heteroatoms. The van der Waals surface area contributed by atoms with Crippen LogP contribution in [0.4, 0.5) is 0 Å². The molecule has 0 radical (unpaired) electrons. The monoisotopic (exact) mass is 255 g/mol. The van der Waals surface area contributed by atoms with Crippen LogP contribution in [0.2, 0.25) is 0 Å². The van der Waals surface area contributed by atoms with Crippen molar-refractivity contribution in [2.24, 2.45) is 4.76 Å². The van der Waals surface area contributed by atoms with E-state index in [0.717, 1.165) is 11.1 Å². The SMILES string of the molecule is CCOP(=O)(/N=C/c1ccccc1C)OCC. The molecule has 4 nitrogen and oxygen atoms in total. The van der Waals surface area contributed by atoms with Gasteiger partial charge in [0.2, 0.25) is 0 Å². The van der Waals surface area contributed by atoms with Crippen molar-refractivity contribution in [3.63, 3.8) is 0 Å². The molecule has 0 atom stereocenters. The minimum absolute atomic E-state index is 0.308. The molecule has 0 unspecified atom stereocenters. The van der Waals surface area contributed by atoms with E-state index >= 15 is 0 Å². The number of aryl methyl sites for hydroxylation is 1. The van der Waals surface area contributed by atoms with Gasteiger partial charge in [-0.2, -0.15) is 4.76 Å². The minimum Gasteiger partial charge on any atom is -0.291 e. The number of benzene rings is 1. The molecule has 0 heterocycles. The van der Waals surface area contributed by atoms with Crippen LogP contribution in [0.15, 0.2) is 29.0 Å². The van der Waals surface area contributed by atoms with Gasteiger partial charge in [-0.15, -0.1) is 0 Å². The van der Waals surface area contributed by atoms with E-state index in [0.29, 0.717) is 13.2 Å². The highest BCUT2D eigenvalue weighted by molar-refractivity contribution is 7.52. The van der Waals surface area contributed by atoms with Gasteiger partial charge in [0.1, 0.15) is 0 Å². The summed E-state index contributed by atoms with van der Waals surface area (Å²) in [5.74, 6) is 0. The molecule has 17 heavy (non-hydrogen) atoms. The second kappa shape index (κ2) is 6.70. The van der Waals surface area contributed by atoms with Crippen molar-refractivity contribution in [2.45, 2.75) is 20.8 Å². The summed E-state index contributed by atoms with van der Waals surface area (Å²) in [6.45, 7) is 6.10. The van der Waals surface area contributed by atoms with Crippen LogP contribution < -0.4 is 0 Å². The van der Waals surface area contributed by atoms with Crippen molar-refractivity contribution >= 4 is 14.0 Å². The molecule has 0 bridgehead atoms. The molecular weight excluding hydrogens is 237 g/mol. The molecule has 0 aromatic heterocycles. The Kier molecular flexibility index (Phi) is 5.56. The minimum atomic E-state index is -3.34. The molecule has 94 valence electrons. The largest absolute Gasteiger partial charge is 0.453 e. The quantitative estimate of drug-likeness (QED) is 0.576. The molecule has 1 aromatic carbocycles. The van der Waals surface area contributed by atoms with Crippen LogP contribution in [-0.2, 0) is 13.6 Å². The summed E-state index contributed by atoms with van der Waals surface area (Å²) in [5.41, 5.74) is 1.97. The fourth-order valence-electron chi connectivity index (χ4n) is 1.29. The molecule has 0 saturated heterocycles. The summed E-state index contributed by atoms with van der Waals surface area (Å²) >= 11 is 0. The molecule has 0 saturated carbocycles. The summed E-state index contributed by atoms with van der Waals surface area (Å²) in [7, 11) is -3.34. The normalized spacial score (nSPS) is 12.2. The van der Waals surface area contributed by atoms with Crippen LogP contribution in [0.5, 0.6) is 0 Å². The Morgan fingerprint density at radius 3 is 2.35 bits per heavy atom. The average molecular weight is 255 g/mol. The third kappa shape index (κ3) is 4.43.